The molecule has 1 amide bonds. The highest BCUT2D eigenvalue weighted by Gasteiger charge is 2.34. The molecule has 2 aromatic rings. The van der Waals surface area contributed by atoms with Crippen molar-refractivity contribution in [1.82, 2.24) is 4.90 Å². The van der Waals surface area contributed by atoms with Gasteiger partial charge >= 0.3 is 5.91 Å². The van der Waals surface area contributed by atoms with Gasteiger partial charge in [0.05, 0.1) is 12.7 Å². The van der Waals surface area contributed by atoms with Gasteiger partial charge in [-0.3, -0.25) is 4.99 Å². The standard InChI is InChI=1S/C17H16N2O2/c1-21-15-10-6-5-9-14(15)17(20)19-12-11-18-16(19)13-7-3-2-4-8-13/h2-10H,11-12H2,1H3/p+1. The molecule has 4 nitrogen and oxygen atoms in total. The van der Waals surface area contributed by atoms with Gasteiger partial charge in [0.1, 0.15) is 24.4 Å². The van der Waals surface area contributed by atoms with Crippen LogP contribution in [0.2, 0.25) is 0 Å². The minimum absolute atomic E-state index is 0.0451. The van der Waals surface area contributed by atoms with Crippen LogP contribution in [0, 0.1) is 0 Å². The summed E-state index contributed by atoms with van der Waals surface area (Å²) in [6, 6.07) is 17.2. The Morgan fingerprint density at radius 1 is 1.10 bits per heavy atom. The highest BCUT2D eigenvalue weighted by Crippen LogP contribution is 2.20. The molecule has 3 rings (SSSR count). The van der Waals surface area contributed by atoms with Crippen LogP contribution in [0.25, 0.3) is 0 Å². The van der Waals surface area contributed by atoms with Crippen LogP contribution < -0.4 is 9.73 Å². The number of amides is 1. The second-order valence-electron chi connectivity index (χ2n) is 4.80. The van der Waals surface area contributed by atoms with Gasteiger partial charge in [0.15, 0.2) is 0 Å². The first-order valence-electron chi connectivity index (χ1n) is 6.92. The number of rotatable bonds is 3. The molecule has 0 aliphatic carbocycles. The van der Waals surface area contributed by atoms with Gasteiger partial charge in [0.25, 0.3) is 5.84 Å². The molecule has 0 unspecified atom stereocenters. The lowest BCUT2D eigenvalue weighted by molar-refractivity contribution is -0.444. The number of hydrogen-bond acceptors (Lipinski definition) is 2. The van der Waals surface area contributed by atoms with Crippen molar-refractivity contribution < 1.29 is 14.5 Å². The van der Waals surface area contributed by atoms with Crippen LogP contribution in [0.3, 0.4) is 0 Å². The van der Waals surface area contributed by atoms with Crippen molar-refractivity contribution in [2.45, 2.75) is 0 Å². The summed E-state index contributed by atoms with van der Waals surface area (Å²) in [6.45, 7) is 1.41. The Labute approximate surface area is 123 Å². The minimum Gasteiger partial charge on any atom is -0.496 e. The van der Waals surface area contributed by atoms with Crippen molar-refractivity contribution in [3.8, 4) is 5.75 Å². The van der Waals surface area contributed by atoms with Gasteiger partial charge in [-0.05, 0) is 24.3 Å². The second-order valence-corrected chi connectivity index (χ2v) is 4.80. The van der Waals surface area contributed by atoms with E-state index in [0.29, 0.717) is 17.9 Å². The first kappa shape index (κ1) is 13.4. The normalized spacial score (nSPS) is 14.0. The molecule has 0 bridgehead atoms. The summed E-state index contributed by atoms with van der Waals surface area (Å²) < 4.78 is 5.29. The molecular formula is C17H17N2O2+. The first-order chi connectivity index (χ1) is 10.3. The van der Waals surface area contributed by atoms with Crippen molar-refractivity contribution in [2.75, 3.05) is 20.2 Å². The summed E-state index contributed by atoms with van der Waals surface area (Å²) in [5.74, 6) is 1.41. The highest BCUT2D eigenvalue weighted by molar-refractivity contribution is 6.11. The molecule has 21 heavy (non-hydrogen) atoms. The van der Waals surface area contributed by atoms with Crippen molar-refractivity contribution in [2.24, 2.45) is 0 Å². The zero-order valence-corrected chi connectivity index (χ0v) is 11.9. The van der Waals surface area contributed by atoms with Gasteiger partial charge < -0.3 is 4.74 Å². The fourth-order valence-corrected chi connectivity index (χ4v) is 2.52. The number of hydrogen-bond donors (Lipinski definition) is 1. The number of amidine groups is 1. The molecule has 1 aliphatic heterocycles. The van der Waals surface area contributed by atoms with E-state index in [-0.39, 0.29) is 5.91 Å². The van der Waals surface area contributed by atoms with Gasteiger partial charge in [0, 0.05) is 0 Å². The van der Waals surface area contributed by atoms with E-state index in [1.54, 1.807) is 24.1 Å². The Hall–Kier alpha value is -2.62. The lowest BCUT2D eigenvalue weighted by Gasteiger charge is -2.12. The summed E-state index contributed by atoms with van der Waals surface area (Å²) in [5.41, 5.74) is 1.59. The van der Waals surface area contributed by atoms with Crippen molar-refractivity contribution in [1.29, 1.82) is 0 Å². The van der Waals surface area contributed by atoms with E-state index in [2.05, 4.69) is 4.99 Å². The average molecular weight is 281 g/mol. The van der Waals surface area contributed by atoms with Crippen molar-refractivity contribution in [3.05, 3.63) is 65.7 Å². The fourth-order valence-electron chi connectivity index (χ4n) is 2.52. The number of methoxy groups -OCH3 is 1. The van der Waals surface area contributed by atoms with Gasteiger partial charge in [-0.2, -0.15) is 4.90 Å². The summed E-state index contributed by atoms with van der Waals surface area (Å²) in [4.78, 5) is 17.9. The third-order valence-corrected chi connectivity index (χ3v) is 3.53. The van der Waals surface area contributed by atoms with E-state index in [1.807, 2.05) is 42.5 Å². The van der Waals surface area contributed by atoms with Crippen LogP contribution in [-0.4, -0.2) is 36.8 Å². The van der Waals surface area contributed by atoms with Crippen LogP contribution in [0.1, 0.15) is 15.9 Å². The number of carbonyl (C=O) groups is 1. The SMILES string of the molecule is COc1ccccc1C(=O)N1CC[NH+]=C1c1ccccc1. The molecule has 2 aromatic carbocycles. The van der Waals surface area contributed by atoms with Gasteiger partial charge in [-0.15, -0.1) is 0 Å². The summed E-state index contributed by atoms with van der Waals surface area (Å²) in [5, 5.41) is 0. The minimum atomic E-state index is -0.0451. The molecule has 0 radical (unpaired) electrons. The number of nitrogens with zero attached hydrogens (tertiary/aromatic N) is 1. The topological polar surface area (TPSA) is 43.5 Å². The van der Waals surface area contributed by atoms with Crippen LogP contribution in [-0.2, 0) is 0 Å². The largest absolute Gasteiger partial charge is 0.496 e. The molecule has 0 spiro atoms. The van der Waals surface area contributed by atoms with E-state index < -0.39 is 0 Å². The zero-order valence-electron chi connectivity index (χ0n) is 11.9. The first-order valence-corrected chi connectivity index (χ1v) is 6.92. The lowest BCUT2D eigenvalue weighted by atomic mass is 10.1. The Balaban J connectivity index is 1.93. The third kappa shape index (κ3) is 2.52. The Bertz CT molecular complexity index is 680. The predicted octanol–water partition coefficient (Wildman–Crippen LogP) is 0.678. The van der Waals surface area contributed by atoms with Crippen LogP contribution in [0.4, 0.5) is 0 Å². The monoisotopic (exact) mass is 281 g/mol. The van der Waals surface area contributed by atoms with Gasteiger partial charge in [-0.1, -0.05) is 30.3 Å². The smallest absolute Gasteiger partial charge is 0.345 e. The predicted molar refractivity (Wildman–Crippen MR) is 80.4 cm³/mol. The molecule has 106 valence electrons. The molecule has 1 heterocycles. The Morgan fingerprint density at radius 3 is 2.57 bits per heavy atom. The van der Waals surface area contributed by atoms with E-state index in [9.17, 15) is 4.79 Å². The fraction of sp³-hybridized carbons (Fsp3) is 0.176. The molecule has 0 saturated heterocycles. The van der Waals surface area contributed by atoms with E-state index in [0.717, 1.165) is 17.9 Å². The maximum atomic E-state index is 12.8. The Morgan fingerprint density at radius 2 is 1.81 bits per heavy atom. The molecule has 4 heteroatoms. The lowest BCUT2D eigenvalue weighted by Crippen LogP contribution is -2.71. The number of para-hydroxylation sites is 1. The maximum Gasteiger partial charge on any atom is 0.345 e. The number of benzene rings is 2. The highest BCUT2D eigenvalue weighted by atomic mass is 16.5. The van der Waals surface area contributed by atoms with Gasteiger partial charge in [0.2, 0.25) is 0 Å². The molecule has 0 saturated carbocycles. The van der Waals surface area contributed by atoms with E-state index >= 15 is 0 Å². The molecule has 0 fully saturated rings. The Kier molecular flexibility index (Phi) is 3.69. The van der Waals surface area contributed by atoms with Crippen molar-refractivity contribution in [3.63, 3.8) is 0 Å². The third-order valence-electron chi connectivity index (χ3n) is 3.53. The number of carbonyl (C=O) groups excluding carboxylic acids is 1. The van der Waals surface area contributed by atoms with Crippen LogP contribution in [0.15, 0.2) is 54.6 Å². The molecule has 0 aromatic heterocycles. The maximum absolute atomic E-state index is 12.8. The van der Waals surface area contributed by atoms with E-state index in [1.165, 1.54) is 0 Å². The zero-order chi connectivity index (χ0) is 14.7. The summed E-state index contributed by atoms with van der Waals surface area (Å²) in [7, 11) is 1.58. The molecule has 1 aliphatic rings. The number of ether oxygens (including phenoxy) is 1. The van der Waals surface area contributed by atoms with Crippen LogP contribution in [0.5, 0.6) is 5.75 Å². The van der Waals surface area contributed by atoms with Crippen LogP contribution >= 0.6 is 0 Å². The van der Waals surface area contributed by atoms with Gasteiger partial charge in [-0.25, -0.2) is 4.79 Å². The quantitative estimate of drug-likeness (QED) is 0.899. The number of nitrogens with one attached hydrogen (secondary N) is 1. The summed E-state index contributed by atoms with van der Waals surface area (Å²) in [6.07, 6.45) is 0. The second kappa shape index (κ2) is 5.79. The molecular weight excluding hydrogens is 264 g/mol. The molecule has 0 atom stereocenters. The average Bonchev–Trinajstić information content (AvgIpc) is 3.04. The van der Waals surface area contributed by atoms with E-state index in [4.69, 9.17) is 4.74 Å². The molecule has 1 N–H and O–H groups in total. The van der Waals surface area contributed by atoms with Crippen molar-refractivity contribution >= 4 is 11.7 Å². The summed E-state index contributed by atoms with van der Waals surface area (Å²) >= 11 is 0.